The minimum atomic E-state index is -0.424. The van der Waals surface area contributed by atoms with Crippen LogP contribution in [0.4, 0.5) is 4.79 Å². The van der Waals surface area contributed by atoms with Crippen molar-refractivity contribution >= 4 is 17.4 Å². The van der Waals surface area contributed by atoms with E-state index < -0.39 is 5.60 Å². The van der Waals surface area contributed by atoms with Crippen LogP contribution in [0.1, 0.15) is 38.5 Å². The summed E-state index contributed by atoms with van der Waals surface area (Å²) in [7, 11) is 2.13. The highest BCUT2D eigenvalue weighted by Crippen LogP contribution is 2.21. The topological polar surface area (TPSA) is 45.7 Å². The molecule has 2 rings (SSSR count). The predicted octanol–water partition coefficient (Wildman–Crippen LogP) is 3.22. The van der Waals surface area contributed by atoms with Crippen LogP contribution in [-0.4, -0.2) is 53.2 Å². The fourth-order valence-electron chi connectivity index (χ4n) is 2.80. The summed E-state index contributed by atoms with van der Waals surface area (Å²) in [6, 6.07) is 0. The highest BCUT2D eigenvalue weighted by Gasteiger charge is 2.28. The Balaban J connectivity index is 1.81. The lowest BCUT2D eigenvalue weighted by Gasteiger charge is -2.35. The normalized spacial score (nSPS) is 19.5. The van der Waals surface area contributed by atoms with Crippen molar-refractivity contribution in [1.82, 2.24) is 14.8 Å². The smallest absolute Gasteiger partial charge is 0.410 e. The Morgan fingerprint density at radius 3 is 2.95 bits per heavy atom. The van der Waals surface area contributed by atoms with Crippen molar-refractivity contribution < 1.29 is 9.53 Å². The van der Waals surface area contributed by atoms with E-state index in [9.17, 15) is 4.79 Å². The van der Waals surface area contributed by atoms with Gasteiger partial charge < -0.3 is 14.5 Å². The number of piperidine rings is 1. The van der Waals surface area contributed by atoms with Crippen LogP contribution in [0.15, 0.2) is 11.7 Å². The highest BCUT2D eigenvalue weighted by molar-refractivity contribution is 7.09. The third kappa shape index (κ3) is 5.57. The maximum absolute atomic E-state index is 12.2. The first-order valence-electron chi connectivity index (χ1n) is 7.87. The van der Waals surface area contributed by atoms with Crippen LogP contribution in [0.5, 0.6) is 0 Å². The third-order valence-corrected chi connectivity index (χ3v) is 4.41. The maximum atomic E-state index is 12.2. The van der Waals surface area contributed by atoms with Crippen molar-refractivity contribution in [1.29, 1.82) is 0 Å². The van der Waals surface area contributed by atoms with Gasteiger partial charge in [0.25, 0.3) is 0 Å². The predicted molar refractivity (Wildman–Crippen MR) is 89.0 cm³/mol. The molecule has 0 radical (unpaired) electrons. The van der Waals surface area contributed by atoms with Gasteiger partial charge in [-0.3, -0.25) is 4.98 Å². The van der Waals surface area contributed by atoms with Crippen molar-refractivity contribution in [2.45, 2.75) is 45.8 Å². The summed E-state index contributed by atoms with van der Waals surface area (Å²) in [6.45, 7) is 9.26. The minimum Gasteiger partial charge on any atom is -0.444 e. The van der Waals surface area contributed by atoms with Gasteiger partial charge in [0.05, 0.1) is 5.51 Å². The maximum Gasteiger partial charge on any atom is 0.410 e. The number of rotatable bonds is 4. The molecule has 1 saturated heterocycles. The van der Waals surface area contributed by atoms with Gasteiger partial charge in [0.1, 0.15) is 5.60 Å². The molecule has 1 fully saturated rings. The van der Waals surface area contributed by atoms with Crippen LogP contribution >= 0.6 is 11.3 Å². The van der Waals surface area contributed by atoms with E-state index in [4.69, 9.17) is 4.74 Å². The fourth-order valence-corrected chi connectivity index (χ4v) is 3.47. The first kappa shape index (κ1) is 17.2. The molecule has 2 heterocycles. The lowest BCUT2D eigenvalue weighted by molar-refractivity contribution is 0.0148. The molecule has 0 bridgehead atoms. The van der Waals surface area contributed by atoms with E-state index in [0.29, 0.717) is 5.92 Å². The molecule has 1 aliphatic heterocycles. The molecule has 0 saturated carbocycles. The number of nitrogens with zero attached hydrogens (tertiary/aromatic N) is 3. The molecule has 1 atom stereocenters. The van der Waals surface area contributed by atoms with Gasteiger partial charge >= 0.3 is 6.09 Å². The van der Waals surface area contributed by atoms with Gasteiger partial charge in [-0.15, -0.1) is 11.3 Å². The average Bonchev–Trinajstić information content (AvgIpc) is 2.89. The molecular weight excluding hydrogens is 298 g/mol. The molecule has 5 nitrogen and oxygen atoms in total. The number of aromatic nitrogens is 1. The van der Waals surface area contributed by atoms with Crippen molar-refractivity contribution in [3.05, 3.63) is 16.6 Å². The molecule has 1 unspecified atom stereocenters. The molecule has 0 spiro atoms. The van der Waals surface area contributed by atoms with Crippen LogP contribution in [0.3, 0.4) is 0 Å². The number of hydrogen-bond acceptors (Lipinski definition) is 5. The van der Waals surface area contributed by atoms with Crippen LogP contribution in [0.2, 0.25) is 0 Å². The Morgan fingerprint density at radius 1 is 1.55 bits per heavy atom. The summed E-state index contributed by atoms with van der Waals surface area (Å²) < 4.78 is 5.48. The largest absolute Gasteiger partial charge is 0.444 e. The number of carbonyl (C=O) groups is 1. The third-order valence-electron chi connectivity index (χ3n) is 3.65. The lowest BCUT2D eigenvalue weighted by atomic mass is 9.98. The molecule has 1 aromatic heterocycles. The summed E-state index contributed by atoms with van der Waals surface area (Å²) in [5.41, 5.74) is 1.45. The Bertz CT molecular complexity index is 470. The van der Waals surface area contributed by atoms with Gasteiger partial charge in [0.2, 0.25) is 0 Å². The molecule has 0 N–H and O–H groups in total. The monoisotopic (exact) mass is 325 g/mol. The van der Waals surface area contributed by atoms with Gasteiger partial charge in [0.15, 0.2) is 0 Å². The van der Waals surface area contributed by atoms with Crippen molar-refractivity contribution in [2.24, 2.45) is 5.92 Å². The second kappa shape index (κ2) is 7.42. The zero-order valence-electron chi connectivity index (χ0n) is 14.0. The number of amides is 1. The average molecular weight is 325 g/mol. The molecule has 6 heteroatoms. The summed E-state index contributed by atoms with van der Waals surface area (Å²) in [5.74, 6) is 0.513. The zero-order valence-corrected chi connectivity index (χ0v) is 14.9. The molecule has 22 heavy (non-hydrogen) atoms. The second-order valence-electron chi connectivity index (χ2n) is 7.10. The van der Waals surface area contributed by atoms with Gasteiger partial charge in [-0.1, -0.05) is 0 Å². The van der Waals surface area contributed by atoms with Crippen molar-refractivity contribution in [3.63, 3.8) is 0 Å². The van der Waals surface area contributed by atoms with E-state index in [-0.39, 0.29) is 6.09 Å². The second-order valence-corrected chi connectivity index (χ2v) is 8.07. The zero-order chi connectivity index (χ0) is 16.2. The SMILES string of the molecule is CN(Cc1cncs1)CC1CCCN(C(=O)OC(C)(C)C)C1. The van der Waals surface area contributed by atoms with Crippen molar-refractivity contribution in [3.8, 4) is 0 Å². The van der Waals surface area contributed by atoms with Crippen LogP contribution in [0.25, 0.3) is 0 Å². The first-order chi connectivity index (χ1) is 10.3. The molecular formula is C16H27N3O2S. The first-order valence-corrected chi connectivity index (χ1v) is 8.75. The number of hydrogen-bond donors (Lipinski definition) is 0. The Kier molecular flexibility index (Phi) is 5.81. The van der Waals surface area contributed by atoms with Crippen molar-refractivity contribution in [2.75, 3.05) is 26.7 Å². The van der Waals surface area contributed by atoms with Gasteiger partial charge in [-0.05, 0) is 46.6 Å². The van der Waals surface area contributed by atoms with E-state index in [1.165, 1.54) is 11.3 Å². The van der Waals surface area contributed by atoms with E-state index in [2.05, 4.69) is 16.9 Å². The molecule has 0 aliphatic carbocycles. The van der Waals surface area contributed by atoms with Crippen LogP contribution in [-0.2, 0) is 11.3 Å². The molecule has 1 aromatic rings. The number of likely N-dealkylation sites (tertiary alicyclic amines) is 1. The standard InChI is InChI=1S/C16H27N3O2S/c1-16(2,3)21-15(20)19-7-5-6-13(10-19)9-18(4)11-14-8-17-12-22-14/h8,12-13H,5-7,9-11H2,1-4H3. The van der Waals surface area contributed by atoms with E-state index in [0.717, 1.165) is 32.6 Å². The summed E-state index contributed by atoms with van der Waals surface area (Å²) >= 11 is 1.69. The Labute approximate surface area is 137 Å². The molecule has 1 aliphatic rings. The molecule has 124 valence electrons. The highest BCUT2D eigenvalue weighted by atomic mass is 32.1. The van der Waals surface area contributed by atoms with Gasteiger partial charge in [-0.2, -0.15) is 0 Å². The van der Waals surface area contributed by atoms with E-state index in [1.807, 2.05) is 37.4 Å². The van der Waals surface area contributed by atoms with Crippen LogP contribution < -0.4 is 0 Å². The fraction of sp³-hybridized carbons (Fsp3) is 0.750. The van der Waals surface area contributed by atoms with Gasteiger partial charge in [0, 0.05) is 37.3 Å². The summed E-state index contributed by atoms with van der Waals surface area (Å²) in [4.78, 5) is 21.8. The Morgan fingerprint density at radius 2 is 2.32 bits per heavy atom. The number of thiazole rings is 1. The number of ether oxygens (including phenoxy) is 1. The molecule has 1 amide bonds. The quantitative estimate of drug-likeness (QED) is 0.853. The summed E-state index contributed by atoms with van der Waals surface area (Å²) in [6.07, 6.45) is 3.97. The Hall–Kier alpha value is -1.14. The van der Waals surface area contributed by atoms with Crippen LogP contribution in [0, 0.1) is 5.92 Å². The lowest BCUT2D eigenvalue weighted by Crippen LogP contribution is -2.45. The molecule has 0 aromatic carbocycles. The minimum absolute atomic E-state index is 0.178. The van der Waals surface area contributed by atoms with E-state index in [1.54, 1.807) is 11.3 Å². The summed E-state index contributed by atoms with van der Waals surface area (Å²) in [5, 5.41) is 0. The number of carbonyl (C=O) groups excluding carboxylic acids is 1. The van der Waals surface area contributed by atoms with Gasteiger partial charge in [-0.25, -0.2) is 4.79 Å². The van der Waals surface area contributed by atoms with E-state index >= 15 is 0 Å².